The normalized spacial score (nSPS) is 17.6. The van der Waals surface area contributed by atoms with Gasteiger partial charge in [0.2, 0.25) is 0 Å². The number of ether oxygens (including phenoxy) is 1. The SMILES string of the molecule is CC1(C)COc2ccc(C(N)c3cc(Br)sc3Br)cc21. The van der Waals surface area contributed by atoms with E-state index < -0.39 is 0 Å². The molecule has 2 heterocycles. The Kier molecular flexibility index (Phi) is 3.73. The molecular weight excluding hydrogens is 402 g/mol. The first kappa shape index (κ1) is 14.6. The molecule has 0 aliphatic carbocycles. The van der Waals surface area contributed by atoms with Gasteiger partial charge in [-0.25, -0.2) is 0 Å². The van der Waals surface area contributed by atoms with Crippen LogP contribution in [-0.2, 0) is 5.41 Å². The third kappa shape index (κ3) is 2.45. The average Bonchev–Trinajstić information content (AvgIpc) is 2.88. The number of hydrogen-bond acceptors (Lipinski definition) is 3. The van der Waals surface area contributed by atoms with Crippen molar-refractivity contribution in [3.63, 3.8) is 0 Å². The summed E-state index contributed by atoms with van der Waals surface area (Å²) in [6, 6.07) is 8.23. The van der Waals surface area contributed by atoms with Gasteiger partial charge in [-0.3, -0.25) is 0 Å². The fraction of sp³-hybridized carbons (Fsp3) is 0.333. The van der Waals surface area contributed by atoms with Crippen LogP contribution in [0.2, 0.25) is 0 Å². The zero-order chi connectivity index (χ0) is 14.5. The second kappa shape index (κ2) is 5.13. The molecule has 0 bridgehead atoms. The first-order valence-corrected chi connectivity index (χ1v) is 8.76. The van der Waals surface area contributed by atoms with Gasteiger partial charge in [0.1, 0.15) is 5.75 Å². The van der Waals surface area contributed by atoms with Gasteiger partial charge in [-0.15, -0.1) is 11.3 Å². The van der Waals surface area contributed by atoms with E-state index in [9.17, 15) is 0 Å². The Morgan fingerprint density at radius 3 is 2.70 bits per heavy atom. The predicted octanol–water partition coefficient (Wildman–Crippen LogP) is 4.99. The number of hydrogen-bond donors (Lipinski definition) is 1. The van der Waals surface area contributed by atoms with Crippen molar-refractivity contribution in [2.45, 2.75) is 25.3 Å². The Morgan fingerprint density at radius 2 is 2.05 bits per heavy atom. The smallest absolute Gasteiger partial charge is 0.123 e. The lowest BCUT2D eigenvalue weighted by Crippen LogP contribution is -2.19. The van der Waals surface area contributed by atoms with Crippen LogP contribution >= 0.6 is 43.2 Å². The van der Waals surface area contributed by atoms with Crippen LogP contribution in [0, 0.1) is 0 Å². The summed E-state index contributed by atoms with van der Waals surface area (Å²) in [5.41, 5.74) is 9.96. The van der Waals surface area contributed by atoms with Crippen LogP contribution in [0.1, 0.15) is 36.6 Å². The molecule has 106 valence electrons. The molecule has 0 saturated carbocycles. The van der Waals surface area contributed by atoms with Crippen LogP contribution in [0.3, 0.4) is 0 Å². The topological polar surface area (TPSA) is 35.2 Å². The molecule has 0 fully saturated rings. The van der Waals surface area contributed by atoms with Crippen molar-refractivity contribution in [2.75, 3.05) is 6.61 Å². The number of nitrogens with two attached hydrogens (primary N) is 1. The fourth-order valence-electron chi connectivity index (χ4n) is 2.48. The van der Waals surface area contributed by atoms with E-state index in [1.807, 2.05) is 6.07 Å². The molecule has 1 aliphatic rings. The van der Waals surface area contributed by atoms with E-state index in [1.165, 1.54) is 5.56 Å². The van der Waals surface area contributed by atoms with E-state index >= 15 is 0 Å². The minimum absolute atomic E-state index is 0.0531. The molecule has 0 spiro atoms. The Morgan fingerprint density at radius 1 is 1.30 bits per heavy atom. The van der Waals surface area contributed by atoms with Crippen molar-refractivity contribution in [3.05, 3.63) is 48.5 Å². The third-order valence-electron chi connectivity index (χ3n) is 3.70. The number of fused-ring (bicyclic) bond motifs is 1. The van der Waals surface area contributed by atoms with E-state index in [0.717, 1.165) is 31.1 Å². The lowest BCUT2D eigenvalue weighted by molar-refractivity contribution is 0.291. The highest BCUT2D eigenvalue weighted by Gasteiger charge is 2.32. The van der Waals surface area contributed by atoms with E-state index in [1.54, 1.807) is 11.3 Å². The van der Waals surface area contributed by atoms with Gasteiger partial charge in [-0.2, -0.15) is 0 Å². The van der Waals surface area contributed by atoms with Gasteiger partial charge < -0.3 is 10.5 Å². The van der Waals surface area contributed by atoms with E-state index in [-0.39, 0.29) is 11.5 Å². The zero-order valence-corrected chi connectivity index (χ0v) is 15.2. The van der Waals surface area contributed by atoms with Crippen LogP contribution < -0.4 is 10.5 Å². The number of halogens is 2. The highest BCUT2D eigenvalue weighted by molar-refractivity contribution is 9.12. The molecule has 1 aromatic heterocycles. The second-order valence-electron chi connectivity index (χ2n) is 5.69. The summed E-state index contributed by atoms with van der Waals surface area (Å²) in [5.74, 6) is 0.983. The Hall–Kier alpha value is -0.360. The summed E-state index contributed by atoms with van der Waals surface area (Å²) in [5, 5.41) is 0. The van der Waals surface area contributed by atoms with Crippen LogP contribution in [0.25, 0.3) is 0 Å². The lowest BCUT2D eigenvalue weighted by Gasteiger charge is -2.18. The minimum atomic E-state index is -0.131. The van der Waals surface area contributed by atoms with E-state index in [2.05, 4.69) is 63.9 Å². The lowest BCUT2D eigenvalue weighted by atomic mass is 9.85. The van der Waals surface area contributed by atoms with Crippen molar-refractivity contribution < 1.29 is 4.74 Å². The Labute approximate surface area is 139 Å². The molecule has 1 unspecified atom stereocenters. The number of benzene rings is 1. The standard InChI is InChI=1S/C15H15Br2NOS/c1-15(2)7-19-11-4-3-8(5-10(11)15)13(18)9-6-12(16)20-14(9)17/h3-6,13H,7,18H2,1-2H3. The molecular formula is C15H15Br2NOS. The summed E-state index contributed by atoms with van der Waals surface area (Å²) in [6.07, 6.45) is 0. The molecule has 2 N–H and O–H groups in total. The summed E-state index contributed by atoms with van der Waals surface area (Å²) >= 11 is 8.73. The zero-order valence-electron chi connectivity index (χ0n) is 11.2. The molecule has 1 atom stereocenters. The molecule has 5 heteroatoms. The first-order valence-electron chi connectivity index (χ1n) is 6.36. The first-order chi connectivity index (χ1) is 9.38. The molecule has 3 rings (SSSR count). The molecule has 2 aromatic rings. The second-order valence-corrected chi connectivity index (χ2v) is 9.43. The van der Waals surface area contributed by atoms with Gasteiger partial charge in [0.25, 0.3) is 0 Å². The Bertz CT molecular complexity index is 666. The van der Waals surface area contributed by atoms with Gasteiger partial charge in [0, 0.05) is 11.0 Å². The molecule has 0 radical (unpaired) electrons. The van der Waals surface area contributed by atoms with Crippen LogP contribution in [0.15, 0.2) is 31.8 Å². The van der Waals surface area contributed by atoms with Gasteiger partial charge >= 0.3 is 0 Å². The van der Waals surface area contributed by atoms with Crippen LogP contribution in [0.4, 0.5) is 0 Å². The summed E-state index contributed by atoms with van der Waals surface area (Å²) < 4.78 is 7.89. The summed E-state index contributed by atoms with van der Waals surface area (Å²) in [7, 11) is 0. The van der Waals surface area contributed by atoms with Gasteiger partial charge in [-0.05, 0) is 61.2 Å². The molecule has 20 heavy (non-hydrogen) atoms. The summed E-state index contributed by atoms with van der Waals surface area (Å²) in [6.45, 7) is 5.13. The van der Waals surface area contributed by atoms with Crippen molar-refractivity contribution in [3.8, 4) is 5.75 Å². The molecule has 2 nitrogen and oxygen atoms in total. The highest BCUT2D eigenvalue weighted by Crippen LogP contribution is 2.42. The maximum atomic E-state index is 6.43. The number of thiophene rings is 1. The van der Waals surface area contributed by atoms with Gasteiger partial charge in [-0.1, -0.05) is 19.9 Å². The molecule has 0 amide bonds. The maximum Gasteiger partial charge on any atom is 0.123 e. The van der Waals surface area contributed by atoms with Gasteiger partial charge in [0.15, 0.2) is 0 Å². The number of rotatable bonds is 2. The average molecular weight is 417 g/mol. The highest BCUT2D eigenvalue weighted by atomic mass is 79.9. The third-order valence-corrected chi connectivity index (χ3v) is 6.08. The van der Waals surface area contributed by atoms with E-state index in [4.69, 9.17) is 10.5 Å². The monoisotopic (exact) mass is 415 g/mol. The van der Waals surface area contributed by atoms with Crippen molar-refractivity contribution >= 4 is 43.2 Å². The van der Waals surface area contributed by atoms with Crippen molar-refractivity contribution in [2.24, 2.45) is 5.73 Å². The molecule has 1 aliphatic heterocycles. The van der Waals surface area contributed by atoms with Crippen LogP contribution in [0.5, 0.6) is 5.75 Å². The van der Waals surface area contributed by atoms with Crippen molar-refractivity contribution in [1.29, 1.82) is 0 Å². The minimum Gasteiger partial charge on any atom is -0.492 e. The molecule has 1 aromatic carbocycles. The van der Waals surface area contributed by atoms with Crippen LogP contribution in [-0.4, -0.2) is 6.61 Å². The fourth-order valence-corrected chi connectivity index (χ4v) is 5.41. The molecule has 0 saturated heterocycles. The van der Waals surface area contributed by atoms with Crippen molar-refractivity contribution in [1.82, 2.24) is 0 Å². The van der Waals surface area contributed by atoms with Gasteiger partial charge in [0.05, 0.1) is 20.2 Å². The quantitative estimate of drug-likeness (QED) is 0.748. The largest absolute Gasteiger partial charge is 0.492 e. The maximum absolute atomic E-state index is 6.43. The summed E-state index contributed by atoms with van der Waals surface area (Å²) in [4.78, 5) is 0. The van der Waals surface area contributed by atoms with E-state index in [0.29, 0.717) is 0 Å². The Balaban J connectivity index is 2.02. The predicted molar refractivity (Wildman–Crippen MR) is 90.7 cm³/mol.